The maximum Gasteiger partial charge on any atom is 0.285 e. The van der Waals surface area contributed by atoms with Crippen molar-refractivity contribution < 1.29 is 8.42 Å². The standard InChI is InChI=1S/C18H17ClN2O2S/c1-3-13-7-4-5-10-16(13)20-18-12(2)17(24(22,23)21-18)14-8-6-9-15(19)11-14/h4-11H,3H2,1-2H3,(H,20,21). The summed E-state index contributed by atoms with van der Waals surface area (Å²) in [6.45, 7) is 3.80. The van der Waals surface area contributed by atoms with Crippen LogP contribution in [0.4, 0.5) is 5.69 Å². The van der Waals surface area contributed by atoms with Gasteiger partial charge in [-0.05, 0) is 42.7 Å². The van der Waals surface area contributed by atoms with E-state index in [2.05, 4.69) is 9.71 Å². The number of halogens is 1. The summed E-state index contributed by atoms with van der Waals surface area (Å²) in [4.78, 5) is 0.196. The number of aryl methyl sites for hydroxylation is 1. The Morgan fingerprint density at radius 1 is 1.12 bits per heavy atom. The maximum atomic E-state index is 12.5. The Morgan fingerprint density at radius 3 is 2.58 bits per heavy atom. The molecule has 6 heteroatoms. The van der Waals surface area contributed by atoms with Gasteiger partial charge in [0.2, 0.25) is 0 Å². The molecule has 1 aliphatic rings. The zero-order valence-electron chi connectivity index (χ0n) is 13.4. The van der Waals surface area contributed by atoms with E-state index in [0.717, 1.165) is 17.7 Å². The van der Waals surface area contributed by atoms with Crippen LogP contribution in [0.3, 0.4) is 0 Å². The summed E-state index contributed by atoms with van der Waals surface area (Å²) in [5, 5.41) is 3.65. The summed E-state index contributed by atoms with van der Waals surface area (Å²) in [5.74, 6) is 0.353. The Labute approximate surface area is 146 Å². The van der Waals surface area contributed by atoms with Gasteiger partial charge in [0.05, 0.1) is 0 Å². The summed E-state index contributed by atoms with van der Waals surface area (Å²) in [6.07, 6.45) is 0.840. The molecule has 0 atom stereocenters. The van der Waals surface area contributed by atoms with Gasteiger partial charge in [0.1, 0.15) is 10.7 Å². The minimum absolute atomic E-state index is 0.196. The van der Waals surface area contributed by atoms with Crippen LogP contribution >= 0.6 is 11.6 Å². The van der Waals surface area contributed by atoms with Crippen molar-refractivity contribution in [2.75, 3.05) is 5.32 Å². The van der Waals surface area contributed by atoms with Gasteiger partial charge < -0.3 is 5.32 Å². The van der Waals surface area contributed by atoms with Gasteiger partial charge in [0.15, 0.2) is 0 Å². The number of nitrogens with one attached hydrogen (secondary N) is 1. The Balaban J connectivity index is 2.05. The first-order chi connectivity index (χ1) is 11.4. The topological polar surface area (TPSA) is 58.5 Å². The van der Waals surface area contributed by atoms with E-state index in [9.17, 15) is 8.42 Å². The molecular formula is C18H17ClN2O2S. The third-order valence-electron chi connectivity index (χ3n) is 3.90. The van der Waals surface area contributed by atoms with Crippen LogP contribution < -0.4 is 5.32 Å². The number of hydrogen-bond donors (Lipinski definition) is 1. The number of sulfonamides is 1. The molecule has 124 valence electrons. The second-order valence-corrected chi connectivity index (χ2v) is 7.49. The fourth-order valence-corrected chi connectivity index (χ4v) is 4.34. The second-order valence-electron chi connectivity index (χ2n) is 5.52. The normalized spacial score (nSPS) is 16.2. The lowest BCUT2D eigenvalue weighted by Gasteiger charge is -2.11. The number of rotatable bonds is 3. The van der Waals surface area contributed by atoms with Crippen LogP contribution in [0, 0.1) is 0 Å². The first kappa shape index (κ1) is 16.7. The van der Waals surface area contributed by atoms with Gasteiger partial charge in [-0.15, -0.1) is 4.40 Å². The van der Waals surface area contributed by atoms with Crippen LogP contribution in [-0.2, 0) is 16.4 Å². The van der Waals surface area contributed by atoms with E-state index in [1.165, 1.54) is 0 Å². The van der Waals surface area contributed by atoms with Crippen molar-refractivity contribution in [2.24, 2.45) is 4.40 Å². The highest BCUT2D eigenvalue weighted by atomic mass is 35.5. The summed E-state index contributed by atoms with van der Waals surface area (Å²) >= 11 is 6.00. The van der Waals surface area contributed by atoms with Crippen molar-refractivity contribution in [3.8, 4) is 0 Å². The third kappa shape index (κ3) is 3.09. The number of anilines is 1. The van der Waals surface area contributed by atoms with E-state index in [4.69, 9.17) is 11.6 Å². The summed E-state index contributed by atoms with van der Waals surface area (Å²) in [5.41, 5.74) is 3.09. The highest BCUT2D eigenvalue weighted by molar-refractivity contribution is 8.00. The first-order valence-electron chi connectivity index (χ1n) is 7.59. The van der Waals surface area contributed by atoms with E-state index < -0.39 is 10.0 Å². The molecule has 2 aromatic rings. The molecular weight excluding hydrogens is 344 g/mol. The van der Waals surface area contributed by atoms with Crippen molar-refractivity contribution in [1.29, 1.82) is 0 Å². The Kier molecular flexibility index (Phi) is 4.47. The quantitative estimate of drug-likeness (QED) is 0.877. The fraction of sp³-hybridized carbons (Fsp3) is 0.167. The highest BCUT2D eigenvalue weighted by Crippen LogP contribution is 2.34. The lowest BCUT2D eigenvalue weighted by Crippen LogP contribution is -2.12. The second kappa shape index (κ2) is 6.42. The minimum Gasteiger partial charge on any atom is -0.339 e. The van der Waals surface area contributed by atoms with Crippen LogP contribution in [0.25, 0.3) is 4.91 Å². The molecule has 2 aromatic carbocycles. The molecule has 0 amide bonds. The molecule has 0 fully saturated rings. The average Bonchev–Trinajstić information content (AvgIpc) is 2.76. The molecule has 0 spiro atoms. The van der Waals surface area contributed by atoms with Gasteiger partial charge in [0, 0.05) is 16.3 Å². The first-order valence-corrected chi connectivity index (χ1v) is 9.41. The Hall–Kier alpha value is -2.11. The van der Waals surface area contributed by atoms with E-state index in [-0.39, 0.29) is 4.91 Å². The predicted octanol–water partition coefficient (Wildman–Crippen LogP) is 4.49. The minimum atomic E-state index is -3.75. The van der Waals surface area contributed by atoms with Crippen LogP contribution in [0.1, 0.15) is 25.0 Å². The van der Waals surface area contributed by atoms with Gasteiger partial charge in [-0.25, -0.2) is 0 Å². The molecule has 1 heterocycles. The van der Waals surface area contributed by atoms with E-state index in [0.29, 0.717) is 22.0 Å². The van der Waals surface area contributed by atoms with Crippen LogP contribution in [-0.4, -0.2) is 14.3 Å². The third-order valence-corrected chi connectivity index (χ3v) is 5.62. The lowest BCUT2D eigenvalue weighted by molar-refractivity contribution is 0.608. The van der Waals surface area contributed by atoms with E-state index >= 15 is 0 Å². The summed E-state index contributed by atoms with van der Waals surface area (Å²) in [7, 11) is -3.75. The van der Waals surface area contributed by atoms with Crippen LogP contribution in [0.5, 0.6) is 0 Å². The number of amidine groups is 1. The molecule has 24 heavy (non-hydrogen) atoms. The van der Waals surface area contributed by atoms with Crippen molar-refractivity contribution >= 4 is 38.1 Å². The Morgan fingerprint density at radius 2 is 1.88 bits per heavy atom. The smallest absolute Gasteiger partial charge is 0.285 e. The molecule has 4 nitrogen and oxygen atoms in total. The lowest BCUT2D eigenvalue weighted by atomic mass is 10.1. The molecule has 3 rings (SSSR count). The molecule has 0 aliphatic carbocycles. The van der Waals surface area contributed by atoms with Crippen LogP contribution in [0.15, 0.2) is 58.5 Å². The molecule has 0 saturated carbocycles. The highest BCUT2D eigenvalue weighted by Gasteiger charge is 2.31. The number of para-hydroxylation sites is 1. The molecule has 1 aliphatic heterocycles. The van der Waals surface area contributed by atoms with Crippen molar-refractivity contribution in [3.05, 3.63) is 70.3 Å². The van der Waals surface area contributed by atoms with Gasteiger partial charge >= 0.3 is 0 Å². The average molecular weight is 361 g/mol. The number of hydrogen-bond acceptors (Lipinski definition) is 3. The summed E-state index contributed by atoms with van der Waals surface area (Å²) < 4.78 is 28.9. The largest absolute Gasteiger partial charge is 0.339 e. The van der Waals surface area contributed by atoms with Gasteiger partial charge in [0.25, 0.3) is 10.0 Å². The van der Waals surface area contributed by atoms with Gasteiger partial charge in [-0.2, -0.15) is 8.42 Å². The van der Waals surface area contributed by atoms with Gasteiger partial charge in [-0.1, -0.05) is 48.9 Å². The molecule has 0 aromatic heterocycles. The van der Waals surface area contributed by atoms with E-state index in [1.54, 1.807) is 31.2 Å². The van der Waals surface area contributed by atoms with Crippen molar-refractivity contribution in [2.45, 2.75) is 20.3 Å². The molecule has 0 bridgehead atoms. The molecule has 0 saturated heterocycles. The van der Waals surface area contributed by atoms with Crippen LogP contribution in [0.2, 0.25) is 5.02 Å². The number of benzene rings is 2. The zero-order valence-corrected chi connectivity index (χ0v) is 14.9. The monoisotopic (exact) mass is 360 g/mol. The fourth-order valence-electron chi connectivity index (χ4n) is 2.73. The summed E-state index contributed by atoms with van der Waals surface area (Å²) in [6, 6.07) is 14.6. The molecule has 0 unspecified atom stereocenters. The maximum absolute atomic E-state index is 12.5. The molecule has 1 N–H and O–H groups in total. The zero-order chi connectivity index (χ0) is 17.3. The van der Waals surface area contributed by atoms with Gasteiger partial charge in [-0.3, -0.25) is 0 Å². The van der Waals surface area contributed by atoms with Crippen molar-refractivity contribution in [1.82, 2.24) is 0 Å². The Bertz CT molecular complexity index is 962. The molecule has 0 radical (unpaired) electrons. The van der Waals surface area contributed by atoms with E-state index in [1.807, 2.05) is 31.2 Å². The van der Waals surface area contributed by atoms with Crippen molar-refractivity contribution in [3.63, 3.8) is 0 Å². The SMILES string of the molecule is CCc1ccccc1NC1=NS(=O)(=O)C(c2cccc(Cl)c2)=C1C. The predicted molar refractivity (Wildman–Crippen MR) is 99.8 cm³/mol. The number of nitrogens with zero attached hydrogens (tertiary/aromatic N) is 1.